The molecule has 0 aromatic heterocycles. The van der Waals surface area contributed by atoms with Crippen molar-refractivity contribution in [3.63, 3.8) is 0 Å². The van der Waals surface area contributed by atoms with Crippen LogP contribution in [0.3, 0.4) is 0 Å². The predicted molar refractivity (Wildman–Crippen MR) is 114 cm³/mol. The van der Waals surface area contributed by atoms with Gasteiger partial charge in [-0.15, -0.1) is 0 Å². The second-order valence-electron chi connectivity index (χ2n) is 8.94. The fourth-order valence-electron chi connectivity index (χ4n) is 4.04. The molecule has 31 heavy (non-hydrogen) atoms. The van der Waals surface area contributed by atoms with Crippen LogP contribution in [0.15, 0.2) is 18.2 Å². The van der Waals surface area contributed by atoms with E-state index in [9.17, 15) is 9.59 Å². The molecule has 9 heteroatoms. The average molecular weight is 434 g/mol. The molecule has 0 aliphatic carbocycles. The molecule has 3 aliphatic heterocycles. The lowest BCUT2D eigenvalue weighted by atomic mass is 9.93. The van der Waals surface area contributed by atoms with Gasteiger partial charge in [0, 0.05) is 42.8 Å². The van der Waals surface area contributed by atoms with E-state index in [1.54, 1.807) is 0 Å². The van der Waals surface area contributed by atoms with Crippen LogP contribution in [0.25, 0.3) is 0 Å². The van der Waals surface area contributed by atoms with Crippen molar-refractivity contribution in [2.24, 2.45) is 5.41 Å². The summed E-state index contributed by atoms with van der Waals surface area (Å²) in [6.07, 6.45) is 0. The van der Waals surface area contributed by atoms with Gasteiger partial charge >= 0.3 is 5.97 Å². The van der Waals surface area contributed by atoms with Gasteiger partial charge in [-0.25, -0.2) is 0 Å². The van der Waals surface area contributed by atoms with E-state index >= 15 is 0 Å². The van der Waals surface area contributed by atoms with Crippen LogP contribution in [0.1, 0.15) is 19.4 Å². The molecule has 0 saturated carbocycles. The van der Waals surface area contributed by atoms with E-state index in [1.807, 2.05) is 32.0 Å². The van der Waals surface area contributed by atoms with E-state index in [-0.39, 0.29) is 12.0 Å². The van der Waals surface area contributed by atoms with E-state index in [1.165, 1.54) is 12.0 Å². The SMILES string of the molecule is COC(=O)CN1C(=O)C2(OCC(C)(C)CO2)c2cc(NCCN3CCOCC3)ccc21. The van der Waals surface area contributed by atoms with Crippen molar-refractivity contribution in [3.05, 3.63) is 23.8 Å². The number of fused-ring (bicyclic) bond motifs is 2. The first-order valence-corrected chi connectivity index (χ1v) is 10.7. The highest BCUT2D eigenvalue weighted by molar-refractivity contribution is 6.08. The number of esters is 1. The monoisotopic (exact) mass is 433 g/mol. The van der Waals surface area contributed by atoms with Gasteiger partial charge in [0.15, 0.2) is 0 Å². The highest BCUT2D eigenvalue weighted by Gasteiger charge is 2.57. The van der Waals surface area contributed by atoms with Gasteiger partial charge in [-0.3, -0.25) is 19.4 Å². The molecule has 3 heterocycles. The summed E-state index contributed by atoms with van der Waals surface area (Å²) in [6, 6.07) is 5.62. The maximum absolute atomic E-state index is 13.4. The number of morpholine rings is 1. The first kappa shape index (κ1) is 22.0. The van der Waals surface area contributed by atoms with Crippen LogP contribution in [0.5, 0.6) is 0 Å². The molecule has 0 atom stereocenters. The van der Waals surface area contributed by atoms with Crippen LogP contribution in [0.2, 0.25) is 0 Å². The molecule has 1 aromatic carbocycles. The fourth-order valence-corrected chi connectivity index (χ4v) is 4.04. The molecule has 2 fully saturated rings. The number of amides is 1. The Labute approximate surface area is 182 Å². The Morgan fingerprint density at radius 2 is 1.90 bits per heavy atom. The van der Waals surface area contributed by atoms with E-state index < -0.39 is 17.7 Å². The number of anilines is 2. The quantitative estimate of drug-likeness (QED) is 0.669. The van der Waals surface area contributed by atoms with Crippen molar-refractivity contribution in [2.75, 3.05) is 76.5 Å². The summed E-state index contributed by atoms with van der Waals surface area (Å²) < 4.78 is 22.3. The summed E-state index contributed by atoms with van der Waals surface area (Å²) >= 11 is 0. The van der Waals surface area contributed by atoms with Gasteiger partial charge in [0.25, 0.3) is 11.7 Å². The Hall–Kier alpha value is -2.20. The lowest BCUT2D eigenvalue weighted by Gasteiger charge is -2.40. The molecule has 170 valence electrons. The second kappa shape index (κ2) is 8.74. The van der Waals surface area contributed by atoms with Crippen molar-refractivity contribution >= 4 is 23.3 Å². The van der Waals surface area contributed by atoms with Crippen LogP contribution < -0.4 is 10.2 Å². The molecule has 0 bridgehead atoms. The van der Waals surface area contributed by atoms with E-state index in [2.05, 4.69) is 10.2 Å². The fraction of sp³-hybridized carbons (Fsp3) is 0.636. The smallest absolute Gasteiger partial charge is 0.325 e. The highest BCUT2D eigenvalue weighted by atomic mass is 16.7. The van der Waals surface area contributed by atoms with E-state index in [4.69, 9.17) is 18.9 Å². The maximum Gasteiger partial charge on any atom is 0.325 e. The molecular weight excluding hydrogens is 402 g/mol. The van der Waals surface area contributed by atoms with Gasteiger partial charge in [0.2, 0.25) is 0 Å². The normalized spacial score (nSPS) is 22.4. The second-order valence-corrected chi connectivity index (χ2v) is 8.94. The van der Waals surface area contributed by atoms with Crippen LogP contribution >= 0.6 is 0 Å². The topological polar surface area (TPSA) is 89.6 Å². The number of carbonyl (C=O) groups excluding carboxylic acids is 2. The average Bonchev–Trinajstić information content (AvgIpc) is 2.99. The molecule has 9 nitrogen and oxygen atoms in total. The Morgan fingerprint density at radius 1 is 1.19 bits per heavy atom. The number of rotatable bonds is 6. The zero-order valence-electron chi connectivity index (χ0n) is 18.4. The Morgan fingerprint density at radius 3 is 2.58 bits per heavy atom. The molecule has 1 amide bonds. The number of nitrogens with one attached hydrogen (secondary N) is 1. The van der Waals surface area contributed by atoms with Crippen molar-refractivity contribution in [3.8, 4) is 0 Å². The van der Waals surface area contributed by atoms with E-state index in [0.29, 0.717) is 24.5 Å². The summed E-state index contributed by atoms with van der Waals surface area (Å²) in [5, 5.41) is 3.43. The summed E-state index contributed by atoms with van der Waals surface area (Å²) in [7, 11) is 1.30. The third-order valence-corrected chi connectivity index (χ3v) is 5.88. The molecule has 0 radical (unpaired) electrons. The van der Waals surface area contributed by atoms with Crippen molar-refractivity contribution in [1.29, 1.82) is 0 Å². The molecule has 0 unspecified atom stereocenters. The van der Waals surface area contributed by atoms with Crippen LogP contribution in [-0.4, -0.2) is 83.0 Å². The van der Waals surface area contributed by atoms with Crippen molar-refractivity contribution < 1.29 is 28.5 Å². The zero-order valence-corrected chi connectivity index (χ0v) is 18.4. The molecular formula is C22H31N3O6. The van der Waals surface area contributed by atoms with Gasteiger partial charge in [0.1, 0.15) is 6.54 Å². The number of nitrogens with zero attached hydrogens (tertiary/aromatic N) is 2. The number of methoxy groups -OCH3 is 1. The number of hydrogen-bond acceptors (Lipinski definition) is 8. The number of ether oxygens (including phenoxy) is 4. The number of benzene rings is 1. The minimum atomic E-state index is -1.53. The molecule has 3 aliphatic rings. The van der Waals surface area contributed by atoms with E-state index in [0.717, 1.165) is 45.1 Å². The Kier molecular flexibility index (Phi) is 6.20. The van der Waals surface area contributed by atoms with Crippen molar-refractivity contribution in [2.45, 2.75) is 19.6 Å². The lowest BCUT2D eigenvalue weighted by molar-refractivity contribution is -0.286. The summed E-state index contributed by atoms with van der Waals surface area (Å²) in [5.41, 5.74) is 1.90. The number of carbonyl (C=O) groups is 2. The van der Waals surface area contributed by atoms with Crippen molar-refractivity contribution in [1.82, 2.24) is 4.90 Å². The van der Waals surface area contributed by atoms with Crippen LogP contribution in [0.4, 0.5) is 11.4 Å². The van der Waals surface area contributed by atoms with Gasteiger partial charge in [-0.05, 0) is 18.2 Å². The number of hydrogen-bond donors (Lipinski definition) is 1. The molecule has 1 aromatic rings. The molecule has 4 rings (SSSR count). The molecule has 1 spiro atoms. The largest absolute Gasteiger partial charge is 0.468 e. The van der Waals surface area contributed by atoms with Gasteiger partial charge in [0.05, 0.1) is 39.2 Å². The maximum atomic E-state index is 13.4. The first-order valence-electron chi connectivity index (χ1n) is 10.7. The third kappa shape index (κ3) is 4.41. The minimum absolute atomic E-state index is 0.190. The molecule has 2 saturated heterocycles. The van der Waals surface area contributed by atoms with Crippen LogP contribution in [0, 0.1) is 5.41 Å². The van der Waals surface area contributed by atoms with Crippen LogP contribution in [-0.2, 0) is 34.3 Å². The van der Waals surface area contributed by atoms with Gasteiger partial charge < -0.3 is 24.3 Å². The Balaban J connectivity index is 1.55. The summed E-state index contributed by atoms with van der Waals surface area (Å²) in [6.45, 7) is 9.68. The molecule has 1 N–H and O–H groups in total. The predicted octanol–water partition coefficient (Wildman–Crippen LogP) is 1.18. The minimum Gasteiger partial charge on any atom is -0.468 e. The lowest BCUT2D eigenvalue weighted by Crippen LogP contribution is -2.52. The van der Waals surface area contributed by atoms with Gasteiger partial charge in [-0.1, -0.05) is 13.8 Å². The van der Waals surface area contributed by atoms with Gasteiger partial charge in [-0.2, -0.15) is 0 Å². The highest BCUT2D eigenvalue weighted by Crippen LogP contribution is 2.48. The Bertz CT molecular complexity index is 827. The third-order valence-electron chi connectivity index (χ3n) is 5.88. The first-order chi connectivity index (χ1) is 14.8. The summed E-state index contributed by atoms with van der Waals surface area (Å²) in [4.78, 5) is 29.0. The standard InChI is InChI=1S/C22H31N3O6/c1-21(2)14-30-22(31-15-21)17-12-16(23-6-7-24-8-10-29-11-9-24)4-5-18(17)25(20(22)27)13-19(26)28-3/h4-5,12,23H,6-11,13-15H2,1-3H3. The summed E-state index contributed by atoms with van der Waals surface area (Å²) in [5.74, 6) is -2.42. The zero-order chi connectivity index (χ0) is 22.1.